The van der Waals surface area contributed by atoms with Crippen LogP contribution in [0.15, 0.2) is 48.6 Å². The van der Waals surface area contributed by atoms with Gasteiger partial charge in [-0.15, -0.1) is 0 Å². The van der Waals surface area contributed by atoms with Crippen LogP contribution >= 0.6 is 0 Å². The van der Waals surface area contributed by atoms with Crippen LogP contribution in [0.5, 0.6) is 0 Å². The van der Waals surface area contributed by atoms with E-state index in [1.165, 1.54) is 283 Å². The van der Waals surface area contributed by atoms with Crippen molar-refractivity contribution in [1.29, 1.82) is 0 Å². The Kier molecular flexibility index (Phi) is 69.6. The summed E-state index contributed by atoms with van der Waals surface area (Å²) in [4.78, 5) is 38.4. The standard InChI is InChI=1S/C77H142O6/c1-4-7-10-13-16-19-22-25-28-29-30-31-32-33-34-35-36-37-38-39-40-41-42-43-44-45-46-47-50-52-55-58-61-64-67-70-76(79)82-73-74(83-77(80)71-68-65-62-59-56-53-49-27-24-21-18-15-12-9-6-3)72-81-75(78)69-66-63-60-57-54-51-48-26-23-20-17-14-11-8-5-2/h9,12,18,21,27,49,56,59,74H,4-8,10-11,13-17,19-20,22-26,28-48,50-55,57-58,60-73H2,1-3H3/b12-9-,21-18-,49-27-,59-56-. The molecule has 6 heteroatoms. The molecular weight excluding hydrogens is 1020 g/mol. The van der Waals surface area contributed by atoms with Gasteiger partial charge >= 0.3 is 17.9 Å². The predicted octanol–water partition coefficient (Wildman–Crippen LogP) is 25.7. The lowest BCUT2D eigenvalue weighted by atomic mass is 10.0. The van der Waals surface area contributed by atoms with Crippen LogP contribution in [0.25, 0.3) is 0 Å². The van der Waals surface area contributed by atoms with Crippen molar-refractivity contribution in [3.63, 3.8) is 0 Å². The van der Waals surface area contributed by atoms with Crippen molar-refractivity contribution >= 4 is 17.9 Å². The van der Waals surface area contributed by atoms with E-state index in [1.807, 2.05) is 0 Å². The van der Waals surface area contributed by atoms with Crippen LogP contribution in [0.2, 0.25) is 0 Å². The molecule has 1 atom stereocenters. The Balaban J connectivity index is 4.08. The van der Waals surface area contributed by atoms with E-state index in [1.54, 1.807) is 0 Å². The molecule has 0 radical (unpaired) electrons. The fourth-order valence-corrected chi connectivity index (χ4v) is 11.3. The number of esters is 3. The smallest absolute Gasteiger partial charge is 0.306 e. The number of hydrogen-bond donors (Lipinski definition) is 0. The summed E-state index contributed by atoms with van der Waals surface area (Å²) in [7, 11) is 0. The highest BCUT2D eigenvalue weighted by Crippen LogP contribution is 2.19. The summed E-state index contributed by atoms with van der Waals surface area (Å²) in [5.41, 5.74) is 0. The average Bonchev–Trinajstić information content (AvgIpc) is 3.50. The number of allylic oxidation sites excluding steroid dienone is 8. The maximum Gasteiger partial charge on any atom is 0.306 e. The van der Waals surface area contributed by atoms with Gasteiger partial charge in [0.1, 0.15) is 13.2 Å². The molecule has 0 spiro atoms. The molecule has 0 aliphatic heterocycles. The van der Waals surface area contributed by atoms with E-state index < -0.39 is 6.10 Å². The molecule has 83 heavy (non-hydrogen) atoms. The number of ether oxygens (including phenoxy) is 3. The van der Waals surface area contributed by atoms with Crippen molar-refractivity contribution in [3.05, 3.63) is 48.6 Å². The second kappa shape index (κ2) is 71.8. The number of carbonyl (C=O) groups excluding carboxylic acids is 3. The summed E-state index contributed by atoms with van der Waals surface area (Å²) < 4.78 is 16.9. The van der Waals surface area contributed by atoms with Crippen LogP contribution in [0.4, 0.5) is 0 Å². The van der Waals surface area contributed by atoms with Crippen LogP contribution in [-0.2, 0) is 28.6 Å². The Hall–Kier alpha value is -2.63. The molecule has 0 N–H and O–H groups in total. The number of unbranched alkanes of at least 4 members (excludes halogenated alkanes) is 50. The van der Waals surface area contributed by atoms with Gasteiger partial charge in [-0.3, -0.25) is 14.4 Å². The van der Waals surface area contributed by atoms with E-state index in [2.05, 4.69) is 69.4 Å². The zero-order valence-corrected chi connectivity index (χ0v) is 56.0. The monoisotopic (exact) mass is 1160 g/mol. The van der Waals surface area contributed by atoms with Crippen LogP contribution in [0.3, 0.4) is 0 Å². The average molecular weight is 1160 g/mol. The molecule has 0 amide bonds. The Morgan fingerprint density at radius 2 is 0.470 bits per heavy atom. The van der Waals surface area contributed by atoms with Crippen molar-refractivity contribution in [3.8, 4) is 0 Å². The minimum atomic E-state index is -0.793. The van der Waals surface area contributed by atoms with Gasteiger partial charge < -0.3 is 14.2 Å². The van der Waals surface area contributed by atoms with E-state index in [-0.39, 0.29) is 37.5 Å². The molecule has 0 bridgehead atoms. The highest BCUT2D eigenvalue weighted by molar-refractivity contribution is 5.71. The van der Waals surface area contributed by atoms with Crippen LogP contribution in [-0.4, -0.2) is 37.2 Å². The summed E-state index contributed by atoms with van der Waals surface area (Å²) in [5.74, 6) is -0.901. The molecule has 0 rings (SSSR count). The van der Waals surface area contributed by atoms with E-state index in [4.69, 9.17) is 14.2 Å². The highest BCUT2D eigenvalue weighted by atomic mass is 16.6. The van der Waals surface area contributed by atoms with Crippen LogP contribution in [0.1, 0.15) is 406 Å². The Morgan fingerprint density at radius 1 is 0.253 bits per heavy atom. The SMILES string of the molecule is CC/C=C\C/C=C\C/C=C\C/C=C\CCCCC(=O)OC(COC(=O)CCCCCCCCCCCCCCCCC)COC(=O)CCCCCCCCCCCCCCCCCCCCCCCCCCCCCCCCCCCCC. The molecule has 0 aromatic rings. The van der Waals surface area contributed by atoms with E-state index in [0.29, 0.717) is 19.3 Å². The molecule has 1 unspecified atom stereocenters. The van der Waals surface area contributed by atoms with Crippen molar-refractivity contribution in [2.24, 2.45) is 0 Å². The zero-order chi connectivity index (χ0) is 59.9. The molecule has 0 saturated heterocycles. The molecule has 0 heterocycles. The second-order valence-electron chi connectivity index (χ2n) is 25.2. The quantitative estimate of drug-likeness (QED) is 0.0261. The van der Waals surface area contributed by atoms with E-state index >= 15 is 0 Å². The van der Waals surface area contributed by atoms with Crippen molar-refractivity contribution in [1.82, 2.24) is 0 Å². The van der Waals surface area contributed by atoms with Gasteiger partial charge in [0.05, 0.1) is 0 Å². The lowest BCUT2D eigenvalue weighted by Gasteiger charge is -2.18. The number of carbonyl (C=O) groups is 3. The first-order valence-electron chi connectivity index (χ1n) is 37.1. The van der Waals surface area contributed by atoms with Gasteiger partial charge in [0.25, 0.3) is 0 Å². The predicted molar refractivity (Wildman–Crippen MR) is 362 cm³/mol. The first-order chi connectivity index (χ1) is 41.0. The molecule has 0 aliphatic carbocycles. The summed E-state index contributed by atoms with van der Waals surface area (Å²) in [6.45, 7) is 6.56. The fraction of sp³-hybridized carbons (Fsp3) is 0.857. The van der Waals surface area contributed by atoms with Crippen molar-refractivity contribution in [2.75, 3.05) is 13.2 Å². The zero-order valence-electron chi connectivity index (χ0n) is 56.0. The van der Waals surface area contributed by atoms with Crippen LogP contribution in [0, 0.1) is 0 Å². The van der Waals surface area contributed by atoms with Gasteiger partial charge in [0, 0.05) is 19.3 Å². The molecular formula is C77H142O6. The molecule has 0 aromatic carbocycles. The maximum absolute atomic E-state index is 12.9. The van der Waals surface area contributed by atoms with Gasteiger partial charge in [-0.1, -0.05) is 378 Å². The van der Waals surface area contributed by atoms with Gasteiger partial charge in [0.15, 0.2) is 6.10 Å². The molecule has 0 fully saturated rings. The number of hydrogen-bond acceptors (Lipinski definition) is 6. The third kappa shape index (κ3) is 70.0. The minimum Gasteiger partial charge on any atom is -0.462 e. The molecule has 0 aliphatic rings. The summed E-state index contributed by atoms with van der Waals surface area (Å²) in [6, 6.07) is 0. The maximum atomic E-state index is 12.9. The first-order valence-corrected chi connectivity index (χ1v) is 37.1. The lowest BCUT2D eigenvalue weighted by molar-refractivity contribution is -0.167. The van der Waals surface area contributed by atoms with Gasteiger partial charge in [-0.25, -0.2) is 0 Å². The highest BCUT2D eigenvalue weighted by Gasteiger charge is 2.19. The Labute approximate surface area is 518 Å². The third-order valence-corrected chi connectivity index (χ3v) is 16.8. The van der Waals surface area contributed by atoms with Gasteiger partial charge in [0.2, 0.25) is 0 Å². The second-order valence-corrected chi connectivity index (χ2v) is 25.2. The molecule has 0 saturated carbocycles. The van der Waals surface area contributed by atoms with Crippen LogP contribution < -0.4 is 0 Å². The minimum absolute atomic E-state index is 0.0849. The Morgan fingerprint density at radius 3 is 0.735 bits per heavy atom. The topological polar surface area (TPSA) is 78.9 Å². The first kappa shape index (κ1) is 80.4. The summed E-state index contributed by atoms with van der Waals surface area (Å²) in [5, 5.41) is 0. The molecule has 486 valence electrons. The van der Waals surface area contributed by atoms with E-state index in [9.17, 15) is 14.4 Å². The lowest BCUT2D eigenvalue weighted by Crippen LogP contribution is -2.30. The van der Waals surface area contributed by atoms with Crippen molar-refractivity contribution in [2.45, 2.75) is 412 Å². The summed E-state index contributed by atoms with van der Waals surface area (Å²) in [6.07, 6.45) is 91.9. The van der Waals surface area contributed by atoms with Gasteiger partial charge in [-0.2, -0.15) is 0 Å². The Bertz CT molecular complexity index is 1430. The van der Waals surface area contributed by atoms with Crippen molar-refractivity contribution < 1.29 is 28.6 Å². The fourth-order valence-electron chi connectivity index (χ4n) is 11.3. The number of rotatable bonds is 69. The largest absolute Gasteiger partial charge is 0.462 e. The molecule has 0 aromatic heterocycles. The summed E-state index contributed by atoms with van der Waals surface area (Å²) >= 11 is 0. The van der Waals surface area contributed by atoms with Gasteiger partial charge in [-0.05, 0) is 57.8 Å². The molecule has 6 nitrogen and oxygen atoms in total. The normalized spacial score (nSPS) is 12.3. The van der Waals surface area contributed by atoms with E-state index in [0.717, 1.165) is 77.0 Å². The third-order valence-electron chi connectivity index (χ3n) is 16.8.